The van der Waals surface area contributed by atoms with E-state index in [4.69, 9.17) is 0 Å². The van der Waals surface area contributed by atoms with E-state index >= 15 is 0 Å². The molecule has 3 nitrogen and oxygen atoms in total. The molecule has 3 rings (SSSR count). The van der Waals surface area contributed by atoms with E-state index < -0.39 is 0 Å². The molecule has 0 saturated heterocycles. The number of rotatable bonds is 2. The lowest BCUT2D eigenvalue weighted by Crippen LogP contribution is -2.14. The Morgan fingerprint density at radius 1 is 1.09 bits per heavy atom. The van der Waals surface area contributed by atoms with Gasteiger partial charge in [-0.3, -0.25) is 4.79 Å². The number of amides is 1. The second kappa shape index (κ2) is 5.89. The fourth-order valence-electron chi connectivity index (χ4n) is 2.37. The molecule has 1 amide bonds. The summed E-state index contributed by atoms with van der Waals surface area (Å²) in [6, 6.07) is 14.3. The molecule has 4 heteroatoms. The summed E-state index contributed by atoms with van der Waals surface area (Å²) in [5, 5.41) is 0. The molecule has 0 radical (unpaired) electrons. The summed E-state index contributed by atoms with van der Waals surface area (Å²) >= 11 is 1.55. The average molecular weight is 310 g/mol. The number of hydrogen-bond donors (Lipinski definition) is 0. The van der Waals surface area contributed by atoms with Crippen LogP contribution >= 0.6 is 11.3 Å². The molecule has 0 atom stereocenters. The smallest absolute Gasteiger partial charge is 0.252 e. The van der Waals surface area contributed by atoms with Crippen LogP contribution in [0, 0.1) is 13.8 Å². The SMILES string of the molecule is Cc1ccc(CC(=O)N=c2sc3cc(C)ccc3n2C)cc1. The molecule has 0 spiro atoms. The predicted molar refractivity (Wildman–Crippen MR) is 91.0 cm³/mol. The Hall–Kier alpha value is -2.20. The number of aromatic nitrogens is 1. The van der Waals surface area contributed by atoms with Gasteiger partial charge in [0.1, 0.15) is 0 Å². The highest BCUT2D eigenvalue weighted by Gasteiger charge is 2.06. The van der Waals surface area contributed by atoms with Gasteiger partial charge in [0.15, 0.2) is 4.80 Å². The van der Waals surface area contributed by atoms with Crippen LogP contribution in [0.4, 0.5) is 0 Å². The van der Waals surface area contributed by atoms with Crippen LogP contribution in [0.5, 0.6) is 0 Å². The molecular weight excluding hydrogens is 292 g/mol. The maximum atomic E-state index is 12.2. The first-order valence-corrected chi connectivity index (χ1v) is 8.04. The van der Waals surface area contributed by atoms with Gasteiger partial charge in [0, 0.05) is 7.05 Å². The monoisotopic (exact) mass is 310 g/mol. The van der Waals surface area contributed by atoms with Gasteiger partial charge in [-0.25, -0.2) is 0 Å². The zero-order valence-electron chi connectivity index (χ0n) is 13.0. The zero-order valence-corrected chi connectivity index (χ0v) is 13.8. The van der Waals surface area contributed by atoms with Crippen LogP contribution in [0.15, 0.2) is 47.5 Å². The molecular formula is C18H18N2OS. The van der Waals surface area contributed by atoms with Gasteiger partial charge < -0.3 is 4.57 Å². The molecule has 3 aromatic rings. The van der Waals surface area contributed by atoms with E-state index in [1.807, 2.05) is 42.8 Å². The lowest BCUT2D eigenvalue weighted by Gasteiger charge is -1.98. The Balaban J connectivity index is 1.92. The van der Waals surface area contributed by atoms with Crippen molar-refractivity contribution in [1.82, 2.24) is 4.57 Å². The fourth-order valence-corrected chi connectivity index (χ4v) is 3.51. The lowest BCUT2D eigenvalue weighted by molar-refractivity contribution is -0.117. The van der Waals surface area contributed by atoms with E-state index in [9.17, 15) is 4.79 Å². The highest BCUT2D eigenvalue weighted by Crippen LogP contribution is 2.17. The van der Waals surface area contributed by atoms with Gasteiger partial charge in [0.2, 0.25) is 0 Å². The van der Waals surface area contributed by atoms with Gasteiger partial charge in [-0.2, -0.15) is 4.99 Å². The van der Waals surface area contributed by atoms with Gasteiger partial charge in [0.25, 0.3) is 5.91 Å². The number of thiazole rings is 1. The van der Waals surface area contributed by atoms with Crippen LogP contribution < -0.4 is 4.80 Å². The minimum atomic E-state index is -0.109. The van der Waals surface area contributed by atoms with E-state index in [-0.39, 0.29) is 5.91 Å². The average Bonchev–Trinajstić information content (AvgIpc) is 2.77. The van der Waals surface area contributed by atoms with E-state index in [0.29, 0.717) is 6.42 Å². The minimum absolute atomic E-state index is 0.109. The fraction of sp³-hybridized carbons (Fsp3) is 0.222. The second-order valence-corrected chi connectivity index (χ2v) is 6.59. The molecule has 0 aliphatic heterocycles. The molecule has 112 valence electrons. The molecule has 1 heterocycles. The molecule has 0 fully saturated rings. The van der Waals surface area contributed by atoms with E-state index in [2.05, 4.69) is 30.1 Å². The first-order chi connectivity index (χ1) is 10.5. The van der Waals surface area contributed by atoms with Crippen LogP contribution in [-0.2, 0) is 18.3 Å². The number of hydrogen-bond acceptors (Lipinski definition) is 2. The summed E-state index contributed by atoms with van der Waals surface area (Å²) in [5.41, 5.74) is 4.52. The summed E-state index contributed by atoms with van der Waals surface area (Å²) < 4.78 is 3.14. The molecule has 0 bridgehead atoms. The number of fused-ring (bicyclic) bond motifs is 1. The number of benzene rings is 2. The first kappa shape index (κ1) is 14.7. The molecule has 0 aliphatic rings. The van der Waals surface area contributed by atoms with Gasteiger partial charge in [0.05, 0.1) is 16.6 Å². The Morgan fingerprint density at radius 2 is 1.77 bits per heavy atom. The van der Waals surface area contributed by atoms with Crippen molar-refractivity contribution in [3.63, 3.8) is 0 Å². The Kier molecular flexibility index (Phi) is 3.94. The van der Waals surface area contributed by atoms with E-state index in [1.54, 1.807) is 11.3 Å². The van der Waals surface area contributed by atoms with Crippen LogP contribution in [0.1, 0.15) is 16.7 Å². The molecule has 1 aromatic heterocycles. The second-order valence-electron chi connectivity index (χ2n) is 5.58. The molecule has 0 saturated carbocycles. The van der Waals surface area contributed by atoms with Gasteiger partial charge >= 0.3 is 0 Å². The van der Waals surface area contributed by atoms with Crippen molar-refractivity contribution >= 4 is 27.5 Å². The third-order valence-corrected chi connectivity index (χ3v) is 4.76. The highest BCUT2D eigenvalue weighted by atomic mass is 32.1. The van der Waals surface area contributed by atoms with Crippen LogP contribution in [0.25, 0.3) is 10.2 Å². The summed E-state index contributed by atoms with van der Waals surface area (Å²) in [6.45, 7) is 4.10. The molecule has 0 aliphatic carbocycles. The van der Waals surface area contributed by atoms with Gasteiger partial charge in [-0.1, -0.05) is 47.2 Å². The normalized spacial score (nSPS) is 12.0. The van der Waals surface area contributed by atoms with Crippen molar-refractivity contribution in [1.29, 1.82) is 0 Å². The topological polar surface area (TPSA) is 34.4 Å². The predicted octanol–water partition coefficient (Wildman–Crippen LogP) is 3.53. The lowest BCUT2D eigenvalue weighted by atomic mass is 10.1. The van der Waals surface area contributed by atoms with Crippen molar-refractivity contribution in [3.8, 4) is 0 Å². The summed E-state index contributed by atoms with van der Waals surface area (Å²) in [6.07, 6.45) is 0.341. The standard InChI is InChI=1S/C18H18N2OS/c1-12-4-7-14(8-5-12)11-17(21)19-18-20(3)15-9-6-13(2)10-16(15)22-18/h4-10H,11H2,1-3H3. The molecule has 22 heavy (non-hydrogen) atoms. The number of carbonyl (C=O) groups is 1. The van der Waals surface area contributed by atoms with Crippen LogP contribution in [0.3, 0.4) is 0 Å². The van der Waals surface area contributed by atoms with Crippen molar-refractivity contribution < 1.29 is 4.79 Å². The van der Waals surface area contributed by atoms with Crippen molar-refractivity contribution in [2.24, 2.45) is 12.0 Å². The number of carbonyl (C=O) groups excluding carboxylic acids is 1. The third-order valence-electron chi connectivity index (χ3n) is 3.66. The van der Waals surface area contributed by atoms with Gasteiger partial charge in [-0.05, 0) is 37.1 Å². The molecule has 0 unspecified atom stereocenters. The Morgan fingerprint density at radius 3 is 2.50 bits per heavy atom. The zero-order chi connectivity index (χ0) is 15.7. The maximum Gasteiger partial charge on any atom is 0.252 e. The summed E-state index contributed by atoms with van der Waals surface area (Å²) in [7, 11) is 1.95. The van der Waals surface area contributed by atoms with E-state index in [1.165, 1.54) is 11.1 Å². The Bertz CT molecular complexity index is 901. The summed E-state index contributed by atoms with van der Waals surface area (Å²) in [4.78, 5) is 17.2. The third kappa shape index (κ3) is 3.02. The number of aryl methyl sites for hydroxylation is 3. The molecule has 0 N–H and O–H groups in total. The number of nitrogens with zero attached hydrogens (tertiary/aromatic N) is 2. The Labute approximate surface area is 133 Å². The van der Waals surface area contributed by atoms with E-state index in [0.717, 1.165) is 20.6 Å². The van der Waals surface area contributed by atoms with Crippen LogP contribution in [-0.4, -0.2) is 10.5 Å². The highest BCUT2D eigenvalue weighted by molar-refractivity contribution is 7.16. The first-order valence-electron chi connectivity index (χ1n) is 7.22. The molecule has 2 aromatic carbocycles. The van der Waals surface area contributed by atoms with Crippen LogP contribution in [0.2, 0.25) is 0 Å². The van der Waals surface area contributed by atoms with Crippen molar-refractivity contribution in [2.45, 2.75) is 20.3 Å². The van der Waals surface area contributed by atoms with Crippen molar-refractivity contribution in [3.05, 3.63) is 64.0 Å². The van der Waals surface area contributed by atoms with Crippen molar-refractivity contribution in [2.75, 3.05) is 0 Å². The maximum absolute atomic E-state index is 12.2. The minimum Gasteiger partial charge on any atom is -0.319 e. The largest absolute Gasteiger partial charge is 0.319 e. The summed E-state index contributed by atoms with van der Waals surface area (Å²) in [5.74, 6) is -0.109. The quantitative estimate of drug-likeness (QED) is 0.713. The van der Waals surface area contributed by atoms with Gasteiger partial charge in [-0.15, -0.1) is 0 Å².